The summed E-state index contributed by atoms with van der Waals surface area (Å²) in [5, 5.41) is 24.2. The minimum atomic E-state index is -0.565. The summed E-state index contributed by atoms with van der Waals surface area (Å²) in [4.78, 5) is 22.4. The molecule has 2 aromatic rings. The van der Waals surface area contributed by atoms with Crippen LogP contribution in [0.4, 0.5) is 11.6 Å². The Labute approximate surface area is 127 Å². The predicted molar refractivity (Wildman–Crippen MR) is 76.9 cm³/mol. The number of benzene rings is 1. The van der Waals surface area contributed by atoms with E-state index in [1.807, 2.05) is 6.92 Å². The highest BCUT2D eigenvalue weighted by Crippen LogP contribution is 2.23. The summed E-state index contributed by atoms with van der Waals surface area (Å²) in [6.45, 7) is 2.50. The van der Waals surface area contributed by atoms with Gasteiger partial charge in [-0.15, -0.1) is 0 Å². The first-order valence-corrected chi connectivity index (χ1v) is 6.83. The Morgan fingerprint density at radius 1 is 1.52 bits per heavy atom. The highest BCUT2D eigenvalue weighted by Gasteiger charge is 2.17. The quantitative estimate of drug-likeness (QED) is 0.648. The maximum Gasteiger partial charge on any atom is 0.270 e. The number of carbonyl (C=O) groups excluding carboxylic acids is 1. The molecule has 2 rings (SSSR count). The molecular formula is C11H11BrN6O3. The average Bonchev–Trinajstić information content (AvgIpc) is 2.86. The van der Waals surface area contributed by atoms with Crippen LogP contribution in [0.15, 0.2) is 22.7 Å². The summed E-state index contributed by atoms with van der Waals surface area (Å²) in [5.41, 5.74) is -0.0354. The average molecular weight is 355 g/mol. The van der Waals surface area contributed by atoms with Crippen molar-refractivity contribution in [2.75, 3.05) is 5.32 Å². The molecule has 0 spiro atoms. The van der Waals surface area contributed by atoms with Crippen LogP contribution in [-0.2, 0) is 6.54 Å². The van der Waals surface area contributed by atoms with Gasteiger partial charge in [0.25, 0.3) is 11.6 Å². The minimum absolute atomic E-state index is 0.134. The molecule has 0 atom stereocenters. The van der Waals surface area contributed by atoms with E-state index in [1.54, 1.807) is 0 Å². The Bertz CT molecular complexity index is 686. The number of nitro groups is 1. The molecule has 0 aliphatic heterocycles. The third-order valence-electron chi connectivity index (χ3n) is 2.60. The van der Waals surface area contributed by atoms with Gasteiger partial charge in [-0.25, -0.2) is 4.68 Å². The van der Waals surface area contributed by atoms with Crippen molar-refractivity contribution in [3.8, 4) is 0 Å². The number of amides is 1. The van der Waals surface area contributed by atoms with Gasteiger partial charge in [0.2, 0.25) is 5.95 Å². The molecule has 1 N–H and O–H groups in total. The van der Waals surface area contributed by atoms with Gasteiger partial charge in [0.05, 0.1) is 10.5 Å². The van der Waals surface area contributed by atoms with E-state index in [0.29, 0.717) is 11.0 Å². The second-order valence-electron chi connectivity index (χ2n) is 4.10. The number of aryl methyl sites for hydroxylation is 1. The Kier molecular flexibility index (Phi) is 4.58. The van der Waals surface area contributed by atoms with Gasteiger partial charge in [-0.1, -0.05) is 12.0 Å². The molecular weight excluding hydrogens is 344 g/mol. The summed E-state index contributed by atoms with van der Waals surface area (Å²) in [6, 6.07) is 3.94. The standard InChI is InChI=1S/C11H11BrN6O3/c1-2-5-17-11(14-15-16-17)13-10(19)8-6-7(18(20)21)3-4-9(8)12/h3-4,6H,2,5H2,1H3,(H,13,14,16,19). The normalized spacial score (nSPS) is 10.4. The molecule has 0 saturated carbocycles. The van der Waals surface area contributed by atoms with Gasteiger partial charge in [0, 0.05) is 23.2 Å². The van der Waals surface area contributed by atoms with Gasteiger partial charge in [0.15, 0.2) is 0 Å². The van der Waals surface area contributed by atoms with Gasteiger partial charge in [-0.2, -0.15) is 0 Å². The van der Waals surface area contributed by atoms with Crippen molar-refractivity contribution in [1.82, 2.24) is 20.2 Å². The number of nitro benzene ring substituents is 1. The molecule has 9 nitrogen and oxygen atoms in total. The Balaban J connectivity index is 2.26. The number of anilines is 1. The molecule has 0 aliphatic carbocycles. The second-order valence-corrected chi connectivity index (χ2v) is 4.96. The topological polar surface area (TPSA) is 116 Å². The first-order valence-electron chi connectivity index (χ1n) is 6.04. The number of non-ortho nitro benzene ring substituents is 1. The first-order chi connectivity index (χ1) is 10.0. The molecule has 0 bridgehead atoms. The lowest BCUT2D eigenvalue weighted by atomic mass is 10.2. The van der Waals surface area contributed by atoms with Crippen LogP contribution in [0.5, 0.6) is 0 Å². The van der Waals surface area contributed by atoms with Crippen molar-refractivity contribution >= 4 is 33.5 Å². The van der Waals surface area contributed by atoms with Gasteiger partial charge in [0.1, 0.15) is 0 Å². The van der Waals surface area contributed by atoms with Crippen LogP contribution in [0, 0.1) is 10.1 Å². The highest BCUT2D eigenvalue weighted by molar-refractivity contribution is 9.10. The molecule has 0 aliphatic rings. The van der Waals surface area contributed by atoms with Crippen LogP contribution in [0.1, 0.15) is 23.7 Å². The van der Waals surface area contributed by atoms with E-state index >= 15 is 0 Å². The Morgan fingerprint density at radius 2 is 2.29 bits per heavy atom. The number of nitrogens with zero attached hydrogens (tertiary/aromatic N) is 5. The summed E-state index contributed by atoms with van der Waals surface area (Å²) < 4.78 is 1.89. The lowest BCUT2D eigenvalue weighted by molar-refractivity contribution is -0.384. The van der Waals surface area contributed by atoms with Crippen molar-refractivity contribution in [1.29, 1.82) is 0 Å². The van der Waals surface area contributed by atoms with Crippen molar-refractivity contribution in [3.05, 3.63) is 38.3 Å². The summed E-state index contributed by atoms with van der Waals surface area (Å²) in [7, 11) is 0. The van der Waals surface area contributed by atoms with Crippen molar-refractivity contribution in [2.45, 2.75) is 19.9 Å². The summed E-state index contributed by atoms with van der Waals surface area (Å²) in [6.07, 6.45) is 0.800. The molecule has 0 unspecified atom stereocenters. The Morgan fingerprint density at radius 3 is 2.95 bits per heavy atom. The van der Waals surface area contributed by atoms with E-state index in [9.17, 15) is 14.9 Å². The summed E-state index contributed by atoms with van der Waals surface area (Å²) >= 11 is 3.19. The largest absolute Gasteiger partial charge is 0.289 e. The first kappa shape index (κ1) is 15.0. The lowest BCUT2D eigenvalue weighted by Gasteiger charge is -2.06. The maximum absolute atomic E-state index is 12.2. The fourth-order valence-electron chi connectivity index (χ4n) is 1.63. The van der Waals surface area contributed by atoms with Gasteiger partial charge in [-0.3, -0.25) is 20.2 Å². The van der Waals surface area contributed by atoms with Crippen LogP contribution in [0.25, 0.3) is 0 Å². The molecule has 1 heterocycles. The molecule has 1 aromatic carbocycles. The van der Waals surface area contributed by atoms with E-state index in [1.165, 1.54) is 22.9 Å². The minimum Gasteiger partial charge on any atom is -0.289 e. The molecule has 0 saturated heterocycles. The molecule has 10 heteroatoms. The molecule has 1 aromatic heterocycles. The van der Waals surface area contributed by atoms with Gasteiger partial charge >= 0.3 is 0 Å². The molecule has 0 fully saturated rings. The fraction of sp³-hybridized carbons (Fsp3) is 0.273. The SMILES string of the molecule is CCCn1nnnc1NC(=O)c1cc([N+](=O)[O-])ccc1Br. The van der Waals surface area contributed by atoms with E-state index in [0.717, 1.165) is 6.42 Å². The number of nitrogens with one attached hydrogen (secondary N) is 1. The van der Waals surface area contributed by atoms with E-state index in [2.05, 4.69) is 36.8 Å². The fourth-order valence-corrected chi connectivity index (χ4v) is 2.05. The number of hydrogen-bond acceptors (Lipinski definition) is 6. The monoisotopic (exact) mass is 354 g/mol. The van der Waals surface area contributed by atoms with E-state index in [4.69, 9.17) is 0 Å². The smallest absolute Gasteiger partial charge is 0.270 e. The second kappa shape index (κ2) is 6.39. The molecule has 0 radical (unpaired) electrons. The summed E-state index contributed by atoms with van der Waals surface area (Å²) in [5.74, 6) is -0.335. The number of halogens is 1. The number of rotatable bonds is 5. The molecule has 21 heavy (non-hydrogen) atoms. The van der Waals surface area contributed by atoms with Crippen LogP contribution in [0.2, 0.25) is 0 Å². The highest BCUT2D eigenvalue weighted by atomic mass is 79.9. The molecule has 1 amide bonds. The zero-order chi connectivity index (χ0) is 15.4. The van der Waals surface area contributed by atoms with Gasteiger partial charge in [-0.05, 0) is 38.8 Å². The van der Waals surface area contributed by atoms with Crippen LogP contribution < -0.4 is 5.32 Å². The van der Waals surface area contributed by atoms with Crippen molar-refractivity contribution in [2.24, 2.45) is 0 Å². The third-order valence-corrected chi connectivity index (χ3v) is 3.29. The van der Waals surface area contributed by atoms with E-state index < -0.39 is 10.8 Å². The third kappa shape index (κ3) is 3.40. The Hall–Kier alpha value is -2.36. The zero-order valence-corrected chi connectivity index (χ0v) is 12.6. The number of hydrogen-bond donors (Lipinski definition) is 1. The number of tetrazole rings is 1. The van der Waals surface area contributed by atoms with Crippen LogP contribution in [0.3, 0.4) is 0 Å². The van der Waals surface area contributed by atoms with Crippen LogP contribution in [-0.4, -0.2) is 31.0 Å². The van der Waals surface area contributed by atoms with Crippen molar-refractivity contribution in [3.63, 3.8) is 0 Å². The number of carbonyl (C=O) groups is 1. The van der Waals surface area contributed by atoms with Gasteiger partial charge < -0.3 is 0 Å². The zero-order valence-electron chi connectivity index (χ0n) is 11.0. The van der Waals surface area contributed by atoms with E-state index in [-0.39, 0.29) is 17.2 Å². The number of aromatic nitrogens is 4. The molecule has 110 valence electrons. The maximum atomic E-state index is 12.2. The van der Waals surface area contributed by atoms with Crippen LogP contribution >= 0.6 is 15.9 Å². The lowest BCUT2D eigenvalue weighted by Crippen LogP contribution is -2.17. The predicted octanol–water partition coefficient (Wildman–Crippen LogP) is 2.01. The van der Waals surface area contributed by atoms with Crippen molar-refractivity contribution < 1.29 is 9.72 Å².